The molecule has 0 bridgehead atoms. The highest BCUT2D eigenvalue weighted by Gasteiger charge is 2.15. The van der Waals surface area contributed by atoms with Crippen LogP contribution in [0.1, 0.15) is 19.0 Å². The molecule has 0 spiro atoms. The van der Waals surface area contributed by atoms with Crippen LogP contribution in [0.5, 0.6) is 0 Å². The lowest BCUT2D eigenvalue weighted by Crippen LogP contribution is -2.28. The van der Waals surface area contributed by atoms with Crippen molar-refractivity contribution in [3.8, 4) is 22.4 Å². The second-order valence-corrected chi connectivity index (χ2v) is 9.03. The topological polar surface area (TPSA) is 83.0 Å². The van der Waals surface area contributed by atoms with Gasteiger partial charge in [0, 0.05) is 35.8 Å². The second-order valence-electron chi connectivity index (χ2n) is 8.04. The Kier molecular flexibility index (Phi) is 7.26. The Labute approximate surface area is 197 Å². The fraction of sp³-hybridized carbons (Fsp3) is 0.280. The summed E-state index contributed by atoms with van der Waals surface area (Å²) in [6.07, 6.45) is 5.74. The van der Waals surface area contributed by atoms with Gasteiger partial charge in [-0.05, 0) is 76.3 Å². The van der Waals surface area contributed by atoms with E-state index in [0.29, 0.717) is 11.7 Å². The highest BCUT2D eigenvalue weighted by Crippen LogP contribution is 2.38. The zero-order valence-electron chi connectivity index (χ0n) is 19.1. The van der Waals surface area contributed by atoms with Crippen molar-refractivity contribution >= 4 is 32.7 Å². The van der Waals surface area contributed by atoms with Crippen LogP contribution in [-0.4, -0.2) is 53.1 Å². The number of nitrogens with one attached hydrogen (secondary N) is 2. The van der Waals surface area contributed by atoms with E-state index in [1.54, 1.807) is 6.20 Å². The van der Waals surface area contributed by atoms with Crippen molar-refractivity contribution in [3.05, 3.63) is 60.6 Å². The molecule has 0 fully saturated rings. The number of hydrogen-bond donors (Lipinski definition) is 2. The van der Waals surface area contributed by atoms with Gasteiger partial charge in [0.25, 0.3) is 0 Å². The van der Waals surface area contributed by atoms with Gasteiger partial charge in [0.1, 0.15) is 0 Å². The van der Waals surface area contributed by atoms with Crippen molar-refractivity contribution in [1.82, 2.24) is 25.2 Å². The van der Waals surface area contributed by atoms with E-state index in [9.17, 15) is 4.79 Å². The Bertz CT molecular complexity index is 1220. The number of carbonyl (C=O) groups is 1. The summed E-state index contributed by atoms with van der Waals surface area (Å²) in [4.78, 5) is 28.1. The predicted octanol–water partition coefficient (Wildman–Crippen LogP) is 5.06. The van der Waals surface area contributed by atoms with Crippen molar-refractivity contribution in [2.24, 2.45) is 0 Å². The second kappa shape index (κ2) is 10.5. The number of fused-ring (bicyclic) bond motifs is 1. The van der Waals surface area contributed by atoms with Crippen molar-refractivity contribution in [3.63, 3.8) is 0 Å². The molecule has 0 unspecified atom stereocenters. The lowest BCUT2D eigenvalue weighted by Gasteiger charge is -2.09. The molecule has 4 rings (SSSR count). The van der Waals surface area contributed by atoms with Crippen molar-refractivity contribution < 1.29 is 4.79 Å². The zero-order chi connectivity index (χ0) is 23.2. The number of anilines is 1. The van der Waals surface area contributed by atoms with E-state index in [0.717, 1.165) is 57.7 Å². The van der Waals surface area contributed by atoms with E-state index in [1.807, 2.05) is 37.4 Å². The van der Waals surface area contributed by atoms with Crippen LogP contribution >= 0.6 is 11.3 Å². The van der Waals surface area contributed by atoms with Crippen LogP contribution in [0.2, 0.25) is 0 Å². The first-order valence-electron chi connectivity index (χ1n) is 11.0. The first-order chi connectivity index (χ1) is 16.0. The number of aryl methyl sites for hydroxylation is 1. The summed E-state index contributed by atoms with van der Waals surface area (Å²) in [5, 5.41) is 6.12. The van der Waals surface area contributed by atoms with E-state index in [-0.39, 0.29) is 6.03 Å². The number of benzene rings is 1. The molecule has 170 valence electrons. The van der Waals surface area contributed by atoms with Crippen molar-refractivity contribution in [2.75, 3.05) is 32.5 Å². The third kappa shape index (κ3) is 5.71. The van der Waals surface area contributed by atoms with Crippen LogP contribution in [0.25, 0.3) is 32.6 Å². The van der Waals surface area contributed by atoms with Gasteiger partial charge in [0.15, 0.2) is 5.13 Å². The Morgan fingerprint density at radius 1 is 1.09 bits per heavy atom. The molecular weight excluding hydrogens is 432 g/mol. The molecule has 0 aliphatic heterocycles. The van der Waals surface area contributed by atoms with Gasteiger partial charge < -0.3 is 10.2 Å². The van der Waals surface area contributed by atoms with Crippen LogP contribution < -0.4 is 10.6 Å². The summed E-state index contributed by atoms with van der Waals surface area (Å²) in [5.41, 5.74) is 5.81. The molecular formula is C25H28N6OS. The molecule has 0 aliphatic rings. The summed E-state index contributed by atoms with van der Waals surface area (Å²) in [6.45, 7) is 3.48. The molecule has 4 aromatic rings. The predicted molar refractivity (Wildman–Crippen MR) is 136 cm³/mol. The van der Waals surface area contributed by atoms with Crippen LogP contribution in [0.3, 0.4) is 0 Å². The number of carbonyl (C=O) groups excluding carboxylic acids is 1. The third-order valence-corrected chi connectivity index (χ3v) is 6.20. The molecule has 3 heterocycles. The van der Waals surface area contributed by atoms with Gasteiger partial charge in [-0.25, -0.2) is 9.78 Å². The van der Waals surface area contributed by atoms with E-state index < -0.39 is 0 Å². The Balaban J connectivity index is 1.69. The maximum atomic E-state index is 12.0. The van der Waals surface area contributed by atoms with E-state index in [2.05, 4.69) is 62.8 Å². The normalized spacial score (nSPS) is 11.2. The van der Waals surface area contributed by atoms with Crippen LogP contribution in [0.15, 0.2) is 54.9 Å². The molecule has 2 N–H and O–H groups in total. The minimum Gasteiger partial charge on any atom is -0.338 e. The van der Waals surface area contributed by atoms with Gasteiger partial charge in [0.2, 0.25) is 0 Å². The van der Waals surface area contributed by atoms with Gasteiger partial charge >= 0.3 is 6.03 Å². The van der Waals surface area contributed by atoms with Gasteiger partial charge in [0.05, 0.1) is 15.9 Å². The molecule has 2 amide bonds. The van der Waals surface area contributed by atoms with Gasteiger partial charge in [-0.3, -0.25) is 15.3 Å². The first kappa shape index (κ1) is 22.8. The van der Waals surface area contributed by atoms with E-state index in [1.165, 1.54) is 11.3 Å². The quantitative estimate of drug-likeness (QED) is 0.384. The monoisotopic (exact) mass is 460 g/mol. The Hall–Kier alpha value is -3.36. The molecule has 8 heteroatoms. The van der Waals surface area contributed by atoms with Crippen LogP contribution in [0, 0.1) is 0 Å². The molecule has 3 aromatic heterocycles. The lowest BCUT2D eigenvalue weighted by atomic mass is 10.0. The van der Waals surface area contributed by atoms with E-state index >= 15 is 0 Å². The average molecular weight is 461 g/mol. The van der Waals surface area contributed by atoms with Gasteiger partial charge in [-0.1, -0.05) is 23.5 Å². The number of amides is 2. The maximum Gasteiger partial charge on any atom is 0.321 e. The number of thiazole rings is 1. The van der Waals surface area contributed by atoms with Gasteiger partial charge in [-0.15, -0.1) is 0 Å². The lowest BCUT2D eigenvalue weighted by molar-refractivity contribution is 0.252. The molecule has 0 saturated heterocycles. The first-order valence-corrected chi connectivity index (χ1v) is 11.9. The third-order valence-electron chi connectivity index (χ3n) is 5.19. The number of pyridine rings is 2. The molecule has 0 radical (unpaired) electrons. The molecule has 33 heavy (non-hydrogen) atoms. The number of rotatable bonds is 8. The number of nitrogens with zero attached hydrogens (tertiary/aromatic N) is 4. The molecule has 1 aromatic carbocycles. The molecule has 0 atom stereocenters. The van der Waals surface area contributed by atoms with Crippen LogP contribution in [0.4, 0.5) is 9.93 Å². The molecule has 7 nitrogen and oxygen atoms in total. The zero-order valence-corrected chi connectivity index (χ0v) is 19.9. The fourth-order valence-electron chi connectivity index (χ4n) is 3.59. The fourth-order valence-corrected chi connectivity index (χ4v) is 4.55. The molecule has 0 aliphatic carbocycles. The highest BCUT2D eigenvalue weighted by molar-refractivity contribution is 7.22. The number of aromatic nitrogens is 3. The summed E-state index contributed by atoms with van der Waals surface area (Å²) in [5.74, 6) is 0. The SMILES string of the molecule is CCNC(=O)Nc1nc2cc(-c3ccc(CCCN(C)C)nc3)cc(-c3ccccn3)c2s1. The highest BCUT2D eigenvalue weighted by atomic mass is 32.1. The number of urea groups is 1. The standard InChI is InChI=1S/C25H28N6OS/c1-4-26-24(32)30-25-29-22-15-18(14-20(23(22)33-25)21-9-5-6-12-27-21)17-10-11-19(28-16-17)8-7-13-31(2)3/h5-6,9-12,14-16H,4,7-8,13H2,1-3H3,(H2,26,29,30,32). The summed E-state index contributed by atoms with van der Waals surface area (Å²) in [6, 6.07) is 14.0. The Morgan fingerprint density at radius 2 is 1.97 bits per heavy atom. The van der Waals surface area contributed by atoms with Gasteiger partial charge in [-0.2, -0.15) is 0 Å². The molecule has 0 saturated carbocycles. The Morgan fingerprint density at radius 3 is 2.67 bits per heavy atom. The summed E-state index contributed by atoms with van der Waals surface area (Å²) < 4.78 is 0.984. The van der Waals surface area contributed by atoms with E-state index in [4.69, 9.17) is 0 Å². The summed E-state index contributed by atoms with van der Waals surface area (Å²) in [7, 11) is 4.17. The van der Waals surface area contributed by atoms with Crippen molar-refractivity contribution in [1.29, 1.82) is 0 Å². The number of hydrogen-bond acceptors (Lipinski definition) is 6. The van der Waals surface area contributed by atoms with Crippen LogP contribution in [-0.2, 0) is 6.42 Å². The summed E-state index contributed by atoms with van der Waals surface area (Å²) >= 11 is 1.45. The maximum absolute atomic E-state index is 12.0. The minimum atomic E-state index is -0.259. The smallest absolute Gasteiger partial charge is 0.321 e. The van der Waals surface area contributed by atoms with Crippen molar-refractivity contribution in [2.45, 2.75) is 19.8 Å². The largest absolute Gasteiger partial charge is 0.338 e. The minimum absolute atomic E-state index is 0.259. The average Bonchev–Trinajstić information content (AvgIpc) is 3.21.